The van der Waals surface area contributed by atoms with Gasteiger partial charge in [-0.25, -0.2) is 0 Å². The molecule has 27 heavy (non-hydrogen) atoms. The molecule has 3 aromatic rings. The lowest BCUT2D eigenvalue weighted by Gasteiger charge is -2.07. The molecule has 0 unspecified atom stereocenters. The topological polar surface area (TPSA) is 84.2 Å². The van der Waals surface area contributed by atoms with Crippen LogP contribution >= 0.6 is 0 Å². The predicted molar refractivity (Wildman–Crippen MR) is 101 cm³/mol. The summed E-state index contributed by atoms with van der Waals surface area (Å²) in [5.74, 6) is 0.109. The van der Waals surface area contributed by atoms with Crippen LogP contribution in [-0.4, -0.2) is 23.3 Å². The van der Waals surface area contributed by atoms with Gasteiger partial charge in [-0.2, -0.15) is 0 Å². The number of carbonyl (C=O) groups is 2. The summed E-state index contributed by atoms with van der Waals surface area (Å²) in [6.07, 6.45) is 6.17. The zero-order valence-electron chi connectivity index (χ0n) is 14.9. The molecule has 3 rings (SSSR count). The number of nitrogens with one attached hydrogen (secondary N) is 2. The van der Waals surface area contributed by atoms with Crippen LogP contribution in [0.5, 0.6) is 0 Å². The molecular weight excluding hydrogens is 342 g/mol. The maximum atomic E-state index is 12.3. The van der Waals surface area contributed by atoms with Crippen molar-refractivity contribution in [1.29, 1.82) is 0 Å². The Hall–Kier alpha value is -3.41. The fraction of sp³-hybridized carbons (Fsp3) is 0.190. The monoisotopic (exact) mass is 363 g/mol. The third kappa shape index (κ3) is 5.54. The van der Waals surface area contributed by atoms with Crippen LogP contribution in [0.25, 0.3) is 0 Å². The van der Waals surface area contributed by atoms with Crippen LogP contribution in [-0.2, 0) is 13.0 Å². The second-order valence-corrected chi connectivity index (χ2v) is 6.07. The van der Waals surface area contributed by atoms with E-state index in [-0.39, 0.29) is 18.4 Å². The van der Waals surface area contributed by atoms with E-state index in [2.05, 4.69) is 27.8 Å². The fourth-order valence-corrected chi connectivity index (χ4v) is 2.61. The summed E-state index contributed by atoms with van der Waals surface area (Å²) < 4.78 is 5.17. The molecular formula is C21H21N3O3. The van der Waals surface area contributed by atoms with E-state index in [1.807, 2.05) is 18.2 Å². The lowest BCUT2D eigenvalue weighted by molar-refractivity contribution is 0.0947. The van der Waals surface area contributed by atoms with Gasteiger partial charge in [0.15, 0.2) is 0 Å². The second kappa shape index (κ2) is 9.33. The van der Waals surface area contributed by atoms with E-state index in [4.69, 9.17) is 4.42 Å². The van der Waals surface area contributed by atoms with Crippen molar-refractivity contribution >= 4 is 11.8 Å². The standard InChI is InChI=1S/C21H21N3O3/c25-20(23-10-4-8-16-6-2-1-3-7-16)17-12-18(14-22-13-17)21(26)24-15-19-9-5-11-27-19/h1-3,5-7,9,11-14H,4,8,10,15H2,(H,23,25)(H,24,26). The lowest BCUT2D eigenvalue weighted by Crippen LogP contribution is -2.26. The maximum Gasteiger partial charge on any atom is 0.253 e. The van der Waals surface area contributed by atoms with Crippen molar-refractivity contribution < 1.29 is 14.0 Å². The minimum atomic E-state index is -0.308. The Bertz CT molecular complexity index is 877. The highest BCUT2D eigenvalue weighted by Gasteiger charge is 2.11. The predicted octanol–water partition coefficient (Wildman–Crippen LogP) is 2.97. The van der Waals surface area contributed by atoms with E-state index < -0.39 is 0 Å². The van der Waals surface area contributed by atoms with E-state index in [1.165, 1.54) is 24.0 Å². The van der Waals surface area contributed by atoms with Crippen molar-refractivity contribution in [3.8, 4) is 0 Å². The molecule has 1 aromatic carbocycles. The minimum absolute atomic E-state index is 0.240. The largest absolute Gasteiger partial charge is 0.467 e. The summed E-state index contributed by atoms with van der Waals surface area (Å²) in [4.78, 5) is 28.5. The number of rotatable bonds is 8. The van der Waals surface area contributed by atoms with Crippen LogP contribution in [0.15, 0.2) is 71.6 Å². The molecule has 0 aliphatic carbocycles. The molecule has 138 valence electrons. The van der Waals surface area contributed by atoms with Crippen LogP contribution in [0, 0.1) is 0 Å². The first-order chi connectivity index (χ1) is 13.2. The van der Waals surface area contributed by atoms with Crippen LogP contribution in [0.1, 0.15) is 38.5 Å². The summed E-state index contributed by atoms with van der Waals surface area (Å²) in [5, 5.41) is 5.60. The number of benzene rings is 1. The van der Waals surface area contributed by atoms with Crippen LogP contribution in [0.2, 0.25) is 0 Å². The quantitative estimate of drug-likeness (QED) is 0.603. The summed E-state index contributed by atoms with van der Waals surface area (Å²) >= 11 is 0. The van der Waals surface area contributed by atoms with Gasteiger partial charge in [-0.1, -0.05) is 30.3 Å². The zero-order valence-corrected chi connectivity index (χ0v) is 14.9. The fourth-order valence-electron chi connectivity index (χ4n) is 2.61. The van der Waals surface area contributed by atoms with E-state index in [0.29, 0.717) is 23.4 Å². The molecule has 2 N–H and O–H groups in total. The normalized spacial score (nSPS) is 10.4. The molecule has 0 saturated heterocycles. The van der Waals surface area contributed by atoms with Gasteiger partial charge in [0.25, 0.3) is 11.8 Å². The Morgan fingerprint density at radius 3 is 2.37 bits per heavy atom. The summed E-state index contributed by atoms with van der Waals surface area (Å²) in [6, 6.07) is 15.2. The first-order valence-electron chi connectivity index (χ1n) is 8.80. The lowest BCUT2D eigenvalue weighted by atomic mass is 10.1. The number of furan rings is 1. The molecule has 2 heterocycles. The molecule has 0 fully saturated rings. The number of hydrogen-bond acceptors (Lipinski definition) is 4. The molecule has 6 heteroatoms. The Morgan fingerprint density at radius 1 is 0.926 bits per heavy atom. The molecule has 0 bridgehead atoms. The maximum absolute atomic E-state index is 12.3. The molecule has 0 atom stereocenters. The van der Waals surface area contributed by atoms with Gasteiger partial charge in [-0.05, 0) is 36.6 Å². The molecule has 0 aliphatic rings. The Kier molecular flexibility index (Phi) is 6.35. The third-order valence-corrected chi connectivity index (χ3v) is 4.04. The van der Waals surface area contributed by atoms with Crippen molar-refractivity contribution in [2.75, 3.05) is 6.54 Å². The summed E-state index contributed by atoms with van der Waals surface area (Å²) in [5.41, 5.74) is 1.93. The molecule has 0 aliphatic heterocycles. The van der Waals surface area contributed by atoms with Crippen LogP contribution < -0.4 is 10.6 Å². The SMILES string of the molecule is O=C(NCCCc1ccccc1)c1cncc(C(=O)NCc2ccco2)c1. The van der Waals surface area contributed by atoms with Gasteiger partial charge in [0.05, 0.1) is 23.9 Å². The molecule has 0 radical (unpaired) electrons. The van der Waals surface area contributed by atoms with E-state index in [9.17, 15) is 9.59 Å². The third-order valence-electron chi connectivity index (χ3n) is 4.04. The van der Waals surface area contributed by atoms with Gasteiger partial charge in [0, 0.05) is 18.9 Å². The van der Waals surface area contributed by atoms with E-state index in [0.717, 1.165) is 12.8 Å². The number of carbonyl (C=O) groups excluding carboxylic acids is 2. The summed E-state index contributed by atoms with van der Waals surface area (Å²) in [7, 11) is 0. The van der Waals surface area contributed by atoms with Crippen molar-refractivity contribution in [3.63, 3.8) is 0 Å². The van der Waals surface area contributed by atoms with Crippen molar-refractivity contribution in [3.05, 3.63) is 89.6 Å². The number of pyridine rings is 1. The molecule has 2 amide bonds. The smallest absolute Gasteiger partial charge is 0.253 e. The van der Waals surface area contributed by atoms with Gasteiger partial charge in [0.1, 0.15) is 5.76 Å². The van der Waals surface area contributed by atoms with Crippen molar-refractivity contribution in [2.45, 2.75) is 19.4 Å². The van der Waals surface area contributed by atoms with Crippen LogP contribution in [0.3, 0.4) is 0 Å². The van der Waals surface area contributed by atoms with Gasteiger partial charge >= 0.3 is 0 Å². The minimum Gasteiger partial charge on any atom is -0.467 e. The Balaban J connectivity index is 1.48. The average molecular weight is 363 g/mol. The molecule has 2 aromatic heterocycles. The molecule has 0 spiro atoms. The van der Waals surface area contributed by atoms with Gasteiger partial charge in [-0.3, -0.25) is 14.6 Å². The van der Waals surface area contributed by atoms with Gasteiger partial charge in [0.2, 0.25) is 0 Å². The first kappa shape index (κ1) is 18.4. The number of aromatic nitrogens is 1. The highest BCUT2D eigenvalue weighted by atomic mass is 16.3. The molecule has 6 nitrogen and oxygen atoms in total. The summed E-state index contributed by atoms with van der Waals surface area (Å²) in [6.45, 7) is 0.838. The first-order valence-corrected chi connectivity index (χ1v) is 8.80. The second-order valence-electron chi connectivity index (χ2n) is 6.07. The number of hydrogen-bond donors (Lipinski definition) is 2. The Labute approximate surface area is 157 Å². The molecule has 0 saturated carbocycles. The van der Waals surface area contributed by atoms with Gasteiger partial charge in [-0.15, -0.1) is 0 Å². The number of amides is 2. The number of aryl methyl sites for hydroxylation is 1. The van der Waals surface area contributed by atoms with Crippen molar-refractivity contribution in [1.82, 2.24) is 15.6 Å². The zero-order chi connectivity index (χ0) is 18.9. The highest BCUT2D eigenvalue weighted by Crippen LogP contribution is 2.06. The van der Waals surface area contributed by atoms with Crippen molar-refractivity contribution in [2.24, 2.45) is 0 Å². The van der Waals surface area contributed by atoms with E-state index >= 15 is 0 Å². The highest BCUT2D eigenvalue weighted by molar-refractivity contribution is 5.99. The Morgan fingerprint density at radius 2 is 1.67 bits per heavy atom. The van der Waals surface area contributed by atoms with E-state index in [1.54, 1.807) is 18.4 Å². The average Bonchev–Trinajstić information content (AvgIpc) is 3.24. The number of nitrogens with zero attached hydrogens (tertiary/aromatic N) is 1. The van der Waals surface area contributed by atoms with Crippen LogP contribution in [0.4, 0.5) is 0 Å². The van der Waals surface area contributed by atoms with Gasteiger partial charge < -0.3 is 15.1 Å².